The standard InChI is InChI=1S/C34H44BN5O10/c1-18(2)29(39-31(45)24(9-6-10-27(41)42)37-32(46)25-16-21-7-4-5-8-23(21)36-25)34(48)40-14-13-20-15-19(3)11-12-22(20)30(40)33(47)38-26(35(49)50)17-28(43)44/h4-5,7-8,11-12,15,18,24-26,29-30,36,49-50H,6,9-10,13-14,16-17H2,1-3H3,(H,37,46)(H,38,47)(H,39,45)(H,41,42)(H,43,44)/t24-,25?,26-,29-,30-/m0/s1. The van der Waals surface area contributed by atoms with E-state index in [-0.39, 0.29) is 25.8 Å². The Labute approximate surface area is 290 Å². The Balaban J connectivity index is 1.57. The van der Waals surface area contributed by atoms with Crippen LogP contribution in [-0.4, -0.2) is 98.5 Å². The number of carboxylic acids is 2. The fourth-order valence-electron chi connectivity index (χ4n) is 6.36. The second-order valence-electron chi connectivity index (χ2n) is 13.1. The summed E-state index contributed by atoms with van der Waals surface area (Å²) in [5.74, 6) is -7.14. The number of carbonyl (C=O) groups is 6. The van der Waals surface area contributed by atoms with Crippen LogP contribution < -0.4 is 21.3 Å². The van der Waals surface area contributed by atoms with Crippen LogP contribution in [0, 0.1) is 12.8 Å². The molecule has 2 aliphatic heterocycles. The summed E-state index contributed by atoms with van der Waals surface area (Å²) in [7, 11) is -2.19. The van der Waals surface area contributed by atoms with Gasteiger partial charge < -0.3 is 46.4 Å². The van der Waals surface area contributed by atoms with E-state index in [4.69, 9.17) is 0 Å². The summed E-state index contributed by atoms with van der Waals surface area (Å²) in [5.41, 5.74) is 3.89. The van der Waals surface area contributed by atoms with Crippen LogP contribution in [0.5, 0.6) is 0 Å². The second-order valence-corrected chi connectivity index (χ2v) is 13.1. The molecule has 2 aromatic rings. The van der Waals surface area contributed by atoms with Gasteiger partial charge in [-0.2, -0.15) is 0 Å². The monoisotopic (exact) mass is 693 g/mol. The molecule has 2 heterocycles. The van der Waals surface area contributed by atoms with E-state index in [9.17, 15) is 49.0 Å². The SMILES string of the molecule is Cc1ccc2c(c1)CCN(C(=O)[C@@H](NC(=O)[C@H](CCCC(=O)O)NC(=O)C1Cc3ccccc3N1)C(C)C)[C@@H]2C(=O)N[C@@H](CC(=O)O)B(O)O. The lowest BCUT2D eigenvalue weighted by Crippen LogP contribution is -2.60. The van der Waals surface area contributed by atoms with Gasteiger partial charge >= 0.3 is 19.1 Å². The van der Waals surface area contributed by atoms with Crippen LogP contribution in [0.4, 0.5) is 5.69 Å². The molecule has 2 aliphatic rings. The number of anilines is 1. The topological polar surface area (TPSA) is 235 Å². The molecule has 4 rings (SSSR count). The van der Waals surface area contributed by atoms with Crippen molar-refractivity contribution in [3.8, 4) is 0 Å². The largest absolute Gasteiger partial charge is 0.481 e. The third kappa shape index (κ3) is 9.38. The third-order valence-corrected chi connectivity index (χ3v) is 8.97. The number of benzene rings is 2. The Morgan fingerprint density at radius 1 is 0.940 bits per heavy atom. The second kappa shape index (κ2) is 16.6. The van der Waals surface area contributed by atoms with Gasteiger partial charge in [0, 0.05) is 25.1 Å². The lowest BCUT2D eigenvalue weighted by molar-refractivity contribution is -0.146. The van der Waals surface area contributed by atoms with E-state index >= 15 is 0 Å². The first kappa shape index (κ1) is 37.9. The molecule has 4 amide bonds. The summed E-state index contributed by atoms with van der Waals surface area (Å²) >= 11 is 0. The Morgan fingerprint density at radius 2 is 1.66 bits per heavy atom. The molecule has 0 saturated carbocycles. The molecule has 16 heteroatoms. The highest BCUT2D eigenvalue weighted by molar-refractivity contribution is 6.44. The van der Waals surface area contributed by atoms with Crippen LogP contribution in [0.15, 0.2) is 42.5 Å². The first-order valence-corrected chi connectivity index (χ1v) is 16.6. The molecule has 0 aromatic heterocycles. The summed E-state index contributed by atoms with van der Waals surface area (Å²) < 4.78 is 0. The van der Waals surface area contributed by atoms with Crippen LogP contribution in [0.3, 0.4) is 0 Å². The van der Waals surface area contributed by atoms with E-state index in [0.717, 1.165) is 22.4 Å². The Kier molecular flexibility index (Phi) is 12.6. The zero-order chi connectivity index (χ0) is 36.7. The van der Waals surface area contributed by atoms with Gasteiger partial charge in [0.05, 0.1) is 12.4 Å². The Bertz CT molecular complexity index is 1590. The maximum atomic E-state index is 14.3. The smallest absolute Gasteiger partial charge is 0.476 e. The maximum Gasteiger partial charge on any atom is 0.476 e. The van der Waals surface area contributed by atoms with Gasteiger partial charge in [0.1, 0.15) is 24.2 Å². The number of hydrogen-bond donors (Lipinski definition) is 8. The highest BCUT2D eigenvalue weighted by Gasteiger charge is 2.42. The number of hydrogen-bond acceptors (Lipinski definition) is 9. The van der Waals surface area contributed by atoms with Crippen molar-refractivity contribution in [2.45, 2.75) is 89.4 Å². The number of para-hydroxylation sites is 1. The van der Waals surface area contributed by atoms with Gasteiger partial charge in [-0.1, -0.05) is 55.8 Å². The van der Waals surface area contributed by atoms with E-state index in [2.05, 4.69) is 21.3 Å². The third-order valence-electron chi connectivity index (χ3n) is 8.97. The minimum atomic E-state index is -2.19. The number of amides is 4. The van der Waals surface area contributed by atoms with Gasteiger partial charge in [0.15, 0.2) is 0 Å². The maximum absolute atomic E-state index is 14.3. The van der Waals surface area contributed by atoms with Crippen LogP contribution in [0.1, 0.15) is 67.8 Å². The lowest BCUT2D eigenvalue weighted by Gasteiger charge is -2.40. The Morgan fingerprint density at radius 3 is 2.30 bits per heavy atom. The molecule has 0 fully saturated rings. The van der Waals surface area contributed by atoms with Gasteiger partial charge in [-0.05, 0) is 54.9 Å². The predicted octanol–water partition coefficient (Wildman–Crippen LogP) is 0.310. The number of nitrogens with zero attached hydrogens (tertiary/aromatic N) is 1. The van der Waals surface area contributed by atoms with Crippen molar-refractivity contribution < 1.29 is 49.0 Å². The molecule has 8 N–H and O–H groups in total. The minimum Gasteiger partial charge on any atom is -0.481 e. The predicted molar refractivity (Wildman–Crippen MR) is 181 cm³/mol. The van der Waals surface area contributed by atoms with Crippen LogP contribution in [0.25, 0.3) is 0 Å². The van der Waals surface area contributed by atoms with Crippen molar-refractivity contribution >= 4 is 48.4 Å². The number of fused-ring (bicyclic) bond motifs is 2. The first-order chi connectivity index (χ1) is 23.7. The molecular weight excluding hydrogens is 649 g/mol. The summed E-state index contributed by atoms with van der Waals surface area (Å²) in [6, 6.07) is 8.41. The number of carboxylic acid groups (broad SMARTS) is 2. The van der Waals surface area contributed by atoms with Gasteiger partial charge in [0.2, 0.25) is 23.6 Å². The van der Waals surface area contributed by atoms with E-state index in [1.807, 2.05) is 37.3 Å². The average Bonchev–Trinajstić information content (AvgIpc) is 3.49. The van der Waals surface area contributed by atoms with Gasteiger partial charge in [0.25, 0.3) is 0 Å². The molecule has 5 atom stereocenters. The zero-order valence-electron chi connectivity index (χ0n) is 28.2. The summed E-state index contributed by atoms with van der Waals surface area (Å²) in [6.45, 7) is 5.32. The summed E-state index contributed by atoms with van der Waals surface area (Å²) in [6.07, 6.45) is -0.208. The van der Waals surface area contributed by atoms with E-state index in [1.165, 1.54) is 4.90 Å². The van der Waals surface area contributed by atoms with E-state index < -0.39 is 85.1 Å². The molecule has 0 saturated heterocycles. The summed E-state index contributed by atoms with van der Waals surface area (Å²) in [5, 5.41) is 49.0. The number of aliphatic carboxylic acids is 2. The Hall–Kier alpha value is -4.96. The van der Waals surface area contributed by atoms with Crippen molar-refractivity contribution in [1.82, 2.24) is 20.9 Å². The minimum absolute atomic E-state index is 0.0154. The molecule has 268 valence electrons. The van der Waals surface area contributed by atoms with Crippen molar-refractivity contribution in [1.29, 1.82) is 0 Å². The van der Waals surface area contributed by atoms with Gasteiger partial charge in [-0.15, -0.1) is 0 Å². The van der Waals surface area contributed by atoms with Crippen LogP contribution in [-0.2, 0) is 41.6 Å². The number of carbonyl (C=O) groups excluding carboxylic acids is 4. The molecule has 50 heavy (non-hydrogen) atoms. The molecule has 2 aromatic carbocycles. The summed E-state index contributed by atoms with van der Waals surface area (Å²) in [4.78, 5) is 79.1. The number of rotatable bonds is 15. The molecule has 0 bridgehead atoms. The van der Waals surface area contributed by atoms with Crippen LogP contribution >= 0.6 is 0 Å². The normalized spacial score (nSPS) is 18.1. The van der Waals surface area contributed by atoms with Crippen molar-refractivity contribution in [2.24, 2.45) is 5.92 Å². The van der Waals surface area contributed by atoms with Gasteiger partial charge in [-0.3, -0.25) is 28.8 Å². The fourth-order valence-corrected chi connectivity index (χ4v) is 6.36. The van der Waals surface area contributed by atoms with Crippen molar-refractivity contribution in [3.05, 3.63) is 64.7 Å². The first-order valence-electron chi connectivity index (χ1n) is 16.6. The molecule has 15 nitrogen and oxygen atoms in total. The number of aryl methyl sites for hydroxylation is 1. The molecule has 1 unspecified atom stereocenters. The highest BCUT2D eigenvalue weighted by Crippen LogP contribution is 2.32. The lowest BCUT2D eigenvalue weighted by atomic mass is 9.77. The molecular formula is C34H44BN5O10. The fraction of sp³-hybridized carbons (Fsp3) is 0.471. The molecule has 0 aliphatic carbocycles. The quantitative estimate of drug-likeness (QED) is 0.118. The van der Waals surface area contributed by atoms with Gasteiger partial charge in [-0.25, -0.2) is 0 Å². The van der Waals surface area contributed by atoms with Crippen LogP contribution in [0.2, 0.25) is 0 Å². The zero-order valence-corrected chi connectivity index (χ0v) is 28.2. The molecule has 0 radical (unpaired) electrons. The molecule has 0 spiro atoms. The van der Waals surface area contributed by atoms with Crippen molar-refractivity contribution in [3.63, 3.8) is 0 Å². The average molecular weight is 694 g/mol. The van der Waals surface area contributed by atoms with E-state index in [1.54, 1.807) is 26.0 Å². The van der Waals surface area contributed by atoms with E-state index in [0.29, 0.717) is 18.4 Å². The highest BCUT2D eigenvalue weighted by atomic mass is 16.4. The van der Waals surface area contributed by atoms with Crippen molar-refractivity contribution in [2.75, 3.05) is 11.9 Å². The number of nitrogens with one attached hydrogen (secondary N) is 4.